The van der Waals surface area contributed by atoms with E-state index >= 15 is 0 Å². The van der Waals surface area contributed by atoms with Gasteiger partial charge >= 0.3 is 0 Å². The van der Waals surface area contributed by atoms with Crippen molar-refractivity contribution in [2.75, 3.05) is 12.9 Å². The molecular formula is C39H32F5NO5S. The van der Waals surface area contributed by atoms with Gasteiger partial charge in [-0.1, -0.05) is 78.9 Å². The van der Waals surface area contributed by atoms with Crippen molar-refractivity contribution in [1.29, 1.82) is 0 Å². The lowest BCUT2D eigenvalue weighted by Gasteiger charge is -2.36. The molecule has 1 saturated heterocycles. The minimum atomic E-state index is -2.34. The van der Waals surface area contributed by atoms with E-state index in [0.717, 1.165) is 38.5 Å². The third-order valence-electron chi connectivity index (χ3n) is 8.44. The molecular weight excluding hydrogens is 689 g/mol. The van der Waals surface area contributed by atoms with Crippen LogP contribution in [0.1, 0.15) is 51.4 Å². The minimum absolute atomic E-state index is 0.0575. The van der Waals surface area contributed by atoms with Crippen LogP contribution in [0.5, 0.6) is 5.75 Å². The number of benzene rings is 5. The molecule has 12 heteroatoms. The quantitative estimate of drug-likeness (QED) is 0.0615. The van der Waals surface area contributed by atoms with Crippen molar-refractivity contribution in [3.63, 3.8) is 0 Å². The van der Waals surface area contributed by atoms with Crippen molar-refractivity contribution in [2.45, 2.75) is 43.0 Å². The largest absolute Gasteiger partial charge is 0.496 e. The van der Waals surface area contributed by atoms with Gasteiger partial charge in [0.1, 0.15) is 11.3 Å². The molecule has 0 spiro atoms. The molecule has 51 heavy (non-hydrogen) atoms. The Labute approximate surface area is 295 Å². The molecule has 0 radical (unpaired) electrons. The monoisotopic (exact) mass is 721 g/mol. The van der Waals surface area contributed by atoms with Gasteiger partial charge in [-0.15, -0.1) is 11.8 Å². The van der Waals surface area contributed by atoms with Crippen molar-refractivity contribution in [2.24, 2.45) is 0 Å². The fourth-order valence-corrected chi connectivity index (χ4v) is 6.76. The number of aliphatic hydroxyl groups is 1. The molecule has 6 rings (SSSR count). The molecule has 0 aliphatic carbocycles. The van der Waals surface area contributed by atoms with Crippen LogP contribution in [0.25, 0.3) is 11.1 Å². The smallest absolute Gasteiger partial charge is 0.257 e. The highest BCUT2D eigenvalue weighted by atomic mass is 32.2. The van der Waals surface area contributed by atoms with Crippen LogP contribution in [0.15, 0.2) is 102 Å². The number of rotatable bonds is 11. The number of aliphatic hydroxyl groups excluding tert-OH is 1. The van der Waals surface area contributed by atoms with Crippen molar-refractivity contribution in [3.8, 4) is 16.9 Å². The standard InChI is InChI=1S/C39H32F5NO5S/c1-48-29-7-2-3-8-31(29)51-21-28-18-30(25-11-9-22(20-46)10-12-25)50-39(49-28)26-15-13-24(14-16-26)27-6-4-5-23(17-27)19-45-38(47)32-33(40)35(42)37(44)36(43)34(32)41/h2-17,28,30,39,46H,18-21H2,1H3,(H,45,47)/t28-,30+,39+/m0/s1. The highest BCUT2D eigenvalue weighted by Crippen LogP contribution is 2.41. The molecule has 3 atom stereocenters. The maximum absolute atomic E-state index is 14.1. The van der Waals surface area contributed by atoms with Crippen LogP contribution in [-0.4, -0.2) is 30.0 Å². The average Bonchev–Trinajstić information content (AvgIpc) is 3.18. The number of methoxy groups -OCH3 is 1. The van der Waals surface area contributed by atoms with Gasteiger partial charge in [0.2, 0.25) is 5.82 Å². The predicted octanol–water partition coefficient (Wildman–Crippen LogP) is 8.82. The number of thioether (sulfide) groups is 1. The average molecular weight is 722 g/mol. The molecule has 6 nitrogen and oxygen atoms in total. The van der Waals surface area contributed by atoms with Gasteiger partial charge in [0.05, 0.1) is 25.9 Å². The summed E-state index contributed by atoms with van der Waals surface area (Å²) in [6, 6.07) is 29.9. The zero-order chi connectivity index (χ0) is 36.1. The van der Waals surface area contributed by atoms with E-state index in [1.54, 1.807) is 37.1 Å². The first-order valence-electron chi connectivity index (χ1n) is 15.9. The summed E-state index contributed by atoms with van der Waals surface area (Å²) >= 11 is 1.64. The number of halogens is 5. The number of hydrogen-bond acceptors (Lipinski definition) is 6. The number of ether oxygens (including phenoxy) is 3. The summed E-state index contributed by atoms with van der Waals surface area (Å²) in [6.45, 7) is -0.291. The molecule has 1 fully saturated rings. The molecule has 5 aromatic carbocycles. The van der Waals surface area contributed by atoms with Crippen LogP contribution in [0, 0.1) is 29.1 Å². The fourth-order valence-electron chi connectivity index (χ4n) is 5.71. The highest BCUT2D eigenvalue weighted by Gasteiger charge is 2.33. The third-order valence-corrected chi connectivity index (χ3v) is 9.63. The Morgan fingerprint density at radius 3 is 2.14 bits per heavy atom. The second-order valence-electron chi connectivity index (χ2n) is 11.8. The van der Waals surface area contributed by atoms with Gasteiger partial charge < -0.3 is 24.6 Å². The van der Waals surface area contributed by atoms with Gasteiger partial charge in [0, 0.05) is 29.2 Å². The van der Waals surface area contributed by atoms with Crippen molar-refractivity contribution in [1.82, 2.24) is 5.32 Å². The number of para-hydroxylation sites is 1. The first kappa shape index (κ1) is 36.1. The lowest BCUT2D eigenvalue weighted by Crippen LogP contribution is -2.31. The van der Waals surface area contributed by atoms with Crippen LogP contribution < -0.4 is 10.1 Å². The lowest BCUT2D eigenvalue weighted by molar-refractivity contribution is -0.245. The Morgan fingerprint density at radius 2 is 1.45 bits per heavy atom. The molecule has 0 bridgehead atoms. The summed E-state index contributed by atoms with van der Waals surface area (Å²) in [7, 11) is 1.64. The Balaban J connectivity index is 1.17. The molecule has 1 aliphatic heterocycles. The van der Waals surface area contributed by atoms with Crippen molar-refractivity contribution < 1.29 is 46.1 Å². The molecule has 5 aromatic rings. The van der Waals surface area contributed by atoms with Crippen molar-refractivity contribution in [3.05, 3.63) is 154 Å². The summed E-state index contributed by atoms with van der Waals surface area (Å²) in [6.07, 6.45) is -0.501. The summed E-state index contributed by atoms with van der Waals surface area (Å²) in [5.74, 6) is -11.1. The highest BCUT2D eigenvalue weighted by molar-refractivity contribution is 7.99. The van der Waals surface area contributed by atoms with Gasteiger partial charge in [-0.25, -0.2) is 22.0 Å². The second-order valence-corrected chi connectivity index (χ2v) is 12.8. The first-order valence-corrected chi connectivity index (χ1v) is 16.9. The van der Waals surface area contributed by atoms with Crippen LogP contribution >= 0.6 is 11.8 Å². The lowest BCUT2D eigenvalue weighted by atomic mass is 9.99. The Kier molecular flexibility index (Phi) is 11.4. The van der Waals surface area contributed by atoms with E-state index in [9.17, 15) is 31.9 Å². The number of carbonyl (C=O) groups excluding carboxylic acids is 1. The van der Waals surface area contributed by atoms with E-state index in [-0.39, 0.29) is 25.4 Å². The fraction of sp³-hybridized carbons (Fsp3) is 0.205. The van der Waals surface area contributed by atoms with Gasteiger partial charge in [-0.05, 0) is 46.0 Å². The number of carbonyl (C=O) groups is 1. The summed E-state index contributed by atoms with van der Waals surface area (Å²) < 4.78 is 87.3. The van der Waals surface area contributed by atoms with E-state index in [0.29, 0.717) is 17.7 Å². The van der Waals surface area contributed by atoms with Gasteiger partial charge in [-0.3, -0.25) is 4.79 Å². The van der Waals surface area contributed by atoms with Crippen LogP contribution in [0.2, 0.25) is 0 Å². The number of amides is 1. The molecule has 0 aromatic heterocycles. The van der Waals surface area contributed by atoms with Crippen molar-refractivity contribution >= 4 is 17.7 Å². The molecule has 1 heterocycles. The van der Waals surface area contributed by atoms with Crippen LogP contribution in [-0.2, 0) is 22.6 Å². The Morgan fingerprint density at radius 1 is 0.784 bits per heavy atom. The molecule has 2 N–H and O–H groups in total. The van der Waals surface area contributed by atoms with Gasteiger partial charge in [0.25, 0.3) is 5.91 Å². The van der Waals surface area contributed by atoms with E-state index in [2.05, 4.69) is 5.32 Å². The zero-order valence-corrected chi connectivity index (χ0v) is 28.0. The van der Waals surface area contributed by atoms with E-state index < -0.39 is 46.8 Å². The zero-order valence-electron chi connectivity index (χ0n) is 27.2. The van der Waals surface area contributed by atoms with E-state index in [1.165, 1.54) is 0 Å². The summed E-state index contributed by atoms with van der Waals surface area (Å²) in [5.41, 5.74) is 3.09. The summed E-state index contributed by atoms with van der Waals surface area (Å²) in [4.78, 5) is 13.4. The topological polar surface area (TPSA) is 77.0 Å². The Hall–Kier alpha value is -4.75. The predicted molar refractivity (Wildman–Crippen MR) is 181 cm³/mol. The molecule has 1 amide bonds. The minimum Gasteiger partial charge on any atom is -0.496 e. The third kappa shape index (κ3) is 8.10. The number of nitrogens with one attached hydrogen (secondary N) is 1. The van der Waals surface area contributed by atoms with E-state index in [1.807, 2.05) is 78.9 Å². The maximum atomic E-state index is 14.1. The number of hydrogen-bond donors (Lipinski definition) is 2. The molecule has 0 saturated carbocycles. The van der Waals surface area contributed by atoms with Gasteiger partial charge in [-0.2, -0.15) is 0 Å². The molecule has 0 unspecified atom stereocenters. The normalized spacial score (nSPS) is 17.3. The maximum Gasteiger partial charge on any atom is 0.257 e. The Bertz CT molecular complexity index is 1980. The second kappa shape index (κ2) is 16.1. The van der Waals surface area contributed by atoms with Crippen LogP contribution in [0.4, 0.5) is 22.0 Å². The summed E-state index contributed by atoms with van der Waals surface area (Å²) in [5, 5.41) is 11.7. The van der Waals surface area contributed by atoms with Crippen LogP contribution in [0.3, 0.4) is 0 Å². The molecule has 1 aliphatic rings. The first-order chi connectivity index (χ1) is 24.7. The van der Waals surface area contributed by atoms with E-state index in [4.69, 9.17) is 14.2 Å². The SMILES string of the molecule is COc1ccccc1SC[C@@H]1C[C@H](c2ccc(CO)cc2)O[C@H](c2ccc(-c3cccc(CNC(=O)c4c(F)c(F)c(F)c(F)c4F)c3)cc2)O1. The molecule has 264 valence electrons. The van der Waals surface area contributed by atoms with Gasteiger partial charge in [0.15, 0.2) is 29.6 Å².